The van der Waals surface area contributed by atoms with E-state index in [1.165, 1.54) is 9.58 Å². The minimum Gasteiger partial charge on any atom is -0.416 e. The quantitative estimate of drug-likeness (QED) is 0.879. The number of oxazole rings is 1. The number of halogens is 2. The van der Waals surface area contributed by atoms with Crippen LogP contribution in [-0.2, 0) is 13.1 Å². The van der Waals surface area contributed by atoms with Crippen LogP contribution in [0.15, 0.2) is 21.7 Å². The summed E-state index contributed by atoms with van der Waals surface area (Å²) in [5.74, 6) is -3.79. The van der Waals surface area contributed by atoms with Gasteiger partial charge < -0.3 is 9.32 Å². The van der Waals surface area contributed by atoms with Crippen LogP contribution in [0.2, 0.25) is 0 Å². The third-order valence-electron chi connectivity index (χ3n) is 3.70. The molecule has 0 spiro atoms. The van der Waals surface area contributed by atoms with E-state index in [4.69, 9.17) is 0 Å². The first-order valence-electron chi connectivity index (χ1n) is 7.02. The topological polar surface area (TPSA) is 97.0 Å². The van der Waals surface area contributed by atoms with E-state index in [1.54, 1.807) is 13.2 Å². The van der Waals surface area contributed by atoms with Crippen molar-refractivity contribution in [2.45, 2.75) is 31.9 Å². The first-order valence-corrected chi connectivity index (χ1v) is 7.02. The Balaban J connectivity index is 1.56. The number of hydrogen-bond acceptors (Lipinski definition) is 5. The molecule has 0 aliphatic heterocycles. The molecule has 0 bridgehead atoms. The molecule has 2 aromatic heterocycles. The van der Waals surface area contributed by atoms with Gasteiger partial charge in [-0.05, 0) is 5.92 Å². The Morgan fingerprint density at radius 2 is 2.30 bits per heavy atom. The summed E-state index contributed by atoms with van der Waals surface area (Å²) in [4.78, 5) is 26.5. The molecule has 0 aromatic carbocycles. The lowest BCUT2D eigenvalue weighted by Crippen LogP contribution is -2.37. The molecule has 1 aliphatic carbocycles. The van der Waals surface area contributed by atoms with Crippen LogP contribution < -0.4 is 5.76 Å². The SMILES string of the molecule is CN(Cc1cn(CC2CC(F)(F)C2)nn1)C(=O)c1coc(=O)[nH]1. The Hall–Kier alpha value is -2.52. The normalized spacial score (nSPS) is 17.0. The standard InChI is InChI=1S/C13H15F2N5O3/c1-19(11(21)10-7-23-12(22)16-10)5-9-6-20(18-17-9)4-8-2-13(14,15)3-8/h6-8H,2-5H2,1H3,(H,16,22). The second-order valence-corrected chi connectivity index (χ2v) is 5.79. The van der Waals surface area contributed by atoms with Crippen molar-refractivity contribution in [3.05, 3.63) is 34.4 Å². The van der Waals surface area contributed by atoms with Crippen LogP contribution in [-0.4, -0.2) is 43.8 Å². The second-order valence-electron chi connectivity index (χ2n) is 5.79. The summed E-state index contributed by atoms with van der Waals surface area (Å²) < 4.78 is 31.6. The van der Waals surface area contributed by atoms with Gasteiger partial charge in [-0.1, -0.05) is 5.21 Å². The minimum atomic E-state index is -2.55. The van der Waals surface area contributed by atoms with E-state index in [0.29, 0.717) is 12.2 Å². The van der Waals surface area contributed by atoms with Gasteiger partial charge in [-0.15, -0.1) is 5.10 Å². The maximum atomic E-state index is 12.8. The maximum absolute atomic E-state index is 12.8. The van der Waals surface area contributed by atoms with Gasteiger partial charge in [-0.2, -0.15) is 0 Å². The highest BCUT2D eigenvalue weighted by Crippen LogP contribution is 2.42. The van der Waals surface area contributed by atoms with Crippen molar-refractivity contribution in [2.75, 3.05) is 7.05 Å². The van der Waals surface area contributed by atoms with Gasteiger partial charge in [0.25, 0.3) is 5.91 Å². The highest BCUT2D eigenvalue weighted by molar-refractivity contribution is 5.91. The minimum absolute atomic E-state index is 0.0431. The molecule has 3 rings (SSSR count). The lowest BCUT2D eigenvalue weighted by atomic mass is 9.81. The predicted octanol–water partition coefficient (Wildman–Crippen LogP) is 0.877. The average molecular weight is 327 g/mol. The van der Waals surface area contributed by atoms with E-state index in [0.717, 1.165) is 6.26 Å². The number of alkyl halides is 2. The van der Waals surface area contributed by atoms with Crippen molar-refractivity contribution in [2.24, 2.45) is 5.92 Å². The number of carbonyl (C=O) groups is 1. The van der Waals surface area contributed by atoms with E-state index in [-0.39, 0.29) is 31.0 Å². The van der Waals surface area contributed by atoms with Gasteiger partial charge in [-0.25, -0.2) is 13.6 Å². The highest BCUT2D eigenvalue weighted by atomic mass is 19.3. The molecule has 0 saturated heterocycles. The molecule has 0 unspecified atom stereocenters. The van der Waals surface area contributed by atoms with E-state index in [2.05, 4.69) is 19.7 Å². The summed E-state index contributed by atoms with van der Waals surface area (Å²) in [7, 11) is 1.54. The zero-order valence-corrected chi connectivity index (χ0v) is 12.3. The molecule has 2 heterocycles. The molecule has 1 fully saturated rings. The van der Waals surface area contributed by atoms with E-state index in [9.17, 15) is 18.4 Å². The number of aromatic nitrogens is 4. The number of nitrogens with one attached hydrogen (secondary N) is 1. The summed E-state index contributed by atoms with van der Waals surface area (Å²) in [5, 5.41) is 7.80. The predicted molar refractivity (Wildman–Crippen MR) is 72.8 cm³/mol. The number of H-pyrrole nitrogens is 1. The zero-order chi connectivity index (χ0) is 16.6. The summed E-state index contributed by atoms with van der Waals surface area (Å²) in [6, 6.07) is 0. The fourth-order valence-electron chi connectivity index (χ4n) is 2.58. The molecule has 10 heteroatoms. The summed E-state index contributed by atoms with van der Waals surface area (Å²) in [6.07, 6.45) is 2.41. The largest absolute Gasteiger partial charge is 0.416 e. The molecular weight excluding hydrogens is 312 g/mol. The van der Waals surface area contributed by atoms with Crippen molar-refractivity contribution < 1.29 is 18.0 Å². The van der Waals surface area contributed by atoms with Crippen molar-refractivity contribution in [3.8, 4) is 0 Å². The van der Waals surface area contributed by atoms with Crippen LogP contribution >= 0.6 is 0 Å². The molecule has 23 heavy (non-hydrogen) atoms. The van der Waals surface area contributed by atoms with E-state index < -0.39 is 17.6 Å². The van der Waals surface area contributed by atoms with Gasteiger partial charge in [0.2, 0.25) is 5.92 Å². The maximum Gasteiger partial charge on any atom is 0.416 e. The molecule has 1 aliphatic rings. The highest BCUT2D eigenvalue weighted by Gasteiger charge is 2.45. The first-order chi connectivity index (χ1) is 10.8. The Bertz CT molecular complexity index is 758. The van der Waals surface area contributed by atoms with E-state index >= 15 is 0 Å². The van der Waals surface area contributed by atoms with Crippen molar-refractivity contribution in [1.29, 1.82) is 0 Å². The second kappa shape index (κ2) is 5.60. The Kier molecular flexibility index (Phi) is 3.74. The number of nitrogens with zero attached hydrogens (tertiary/aromatic N) is 4. The van der Waals surface area contributed by atoms with Crippen LogP contribution in [0, 0.1) is 5.92 Å². The third-order valence-corrected chi connectivity index (χ3v) is 3.70. The summed E-state index contributed by atoms with van der Waals surface area (Å²) >= 11 is 0. The molecule has 124 valence electrons. The van der Waals surface area contributed by atoms with Crippen molar-refractivity contribution >= 4 is 5.91 Å². The Morgan fingerprint density at radius 3 is 2.91 bits per heavy atom. The van der Waals surface area contributed by atoms with Crippen LogP contribution in [0.4, 0.5) is 8.78 Å². The fourth-order valence-corrected chi connectivity index (χ4v) is 2.58. The number of rotatable bonds is 5. The average Bonchev–Trinajstić information content (AvgIpc) is 3.05. The lowest BCUT2D eigenvalue weighted by molar-refractivity contribution is -0.114. The van der Waals surface area contributed by atoms with Gasteiger partial charge in [0.15, 0.2) is 0 Å². The van der Waals surface area contributed by atoms with Gasteiger partial charge in [0, 0.05) is 26.4 Å². The Morgan fingerprint density at radius 1 is 1.57 bits per heavy atom. The first kappa shape index (κ1) is 15.4. The van der Waals surface area contributed by atoms with Crippen LogP contribution in [0.25, 0.3) is 0 Å². The fraction of sp³-hybridized carbons (Fsp3) is 0.538. The van der Waals surface area contributed by atoms with E-state index in [1.807, 2.05) is 0 Å². The monoisotopic (exact) mass is 327 g/mol. The molecule has 0 radical (unpaired) electrons. The number of carbonyl (C=O) groups excluding carboxylic acids is 1. The van der Waals surface area contributed by atoms with Gasteiger partial charge in [0.1, 0.15) is 17.7 Å². The summed E-state index contributed by atoms with van der Waals surface area (Å²) in [6.45, 7) is 0.558. The molecule has 2 aromatic rings. The third kappa shape index (κ3) is 3.46. The van der Waals surface area contributed by atoms with Gasteiger partial charge in [0.05, 0.1) is 12.7 Å². The molecule has 8 nitrogen and oxygen atoms in total. The van der Waals surface area contributed by atoms with Crippen molar-refractivity contribution in [3.63, 3.8) is 0 Å². The Labute approximate surface area is 129 Å². The summed E-state index contributed by atoms with van der Waals surface area (Å²) in [5.41, 5.74) is 0.569. The van der Waals surface area contributed by atoms with Crippen LogP contribution in [0.1, 0.15) is 29.0 Å². The molecular formula is C13H15F2N5O3. The van der Waals surface area contributed by atoms with Gasteiger partial charge >= 0.3 is 5.76 Å². The molecule has 1 N–H and O–H groups in total. The van der Waals surface area contributed by atoms with Crippen molar-refractivity contribution in [1.82, 2.24) is 24.9 Å². The molecule has 0 atom stereocenters. The van der Waals surface area contributed by atoms with Crippen LogP contribution in [0.3, 0.4) is 0 Å². The number of hydrogen-bond donors (Lipinski definition) is 1. The van der Waals surface area contributed by atoms with Crippen LogP contribution in [0.5, 0.6) is 0 Å². The molecule has 1 saturated carbocycles. The van der Waals surface area contributed by atoms with Gasteiger partial charge in [-0.3, -0.25) is 14.5 Å². The number of aromatic amines is 1. The smallest absolute Gasteiger partial charge is 0.416 e. The number of amides is 1. The molecule has 1 amide bonds. The lowest BCUT2D eigenvalue weighted by Gasteiger charge is -2.34. The zero-order valence-electron chi connectivity index (χ0n) is 12.3.